The number of pyridine rings is 1. The summed E-state index contributed by atoms with van der Waals surface area (Å²) in [4.78, 5) is 16.3. The van der Waals surface area contributed by atoms with E-state index in [2.05, 4.69) is 4.98 Å². The smallest absolute Gasteiger partial charge is 0.465 e. The molecule has 1 aromatic rings. The summed E-state index contributed by atoms with van der Waals surface area (Å²) in [6.45, 7) is 9.76. The lowest BCUT2D eigenvalue weighted by atomic mass is 9.80. The molecular formula is C14H21BN2O4. The molecule has 1 aromatic heterocycles. The first-order valence-corrected chi connectivity index (χ1v) is 6.84. The predicted molar refractivity (Wildman–Crippen MR) is 81.1 cm³/mol. The van der Waals surface area contributed by atoms with Gasteiger partial charge < -0.3 is 14.4 Å². The molecule has 21 heavy (non-hydrogen) atoms. The van der Waals surface area contributed by atoms with Crippen LogP contribution in [-0.4, -0.2) is 41.6 Å². The highest BCUT2D eigenvalue weighted by Gasteiger charge is 2.51. The van der Waals surface area contributed by atoms with Crippen molar-refractivity contribution in [2.75, 3.05) is 11.9 Å². The fourth-order valence-corrected chi connectivity index (χ4v) is 2.14. The summed E-state index contributed by atoms with van der Waals surface area (Å²) in [5.41, 5.74) is 0.713. The fraction of sp³-hybridized carbons (Fsp3) is 0.571. The average molecular weight is 292 g/mol. The van der Waals surface area contributed by atoms with Crippen LogP contribution in [-0.2, 0) is 9.31 Å². The lowest BCUT2D eigenvalue weighted by molar-refractivity contribution is 0.00578. The maximum absolute atomic E-state index is 11.0. The van der Waals surface area contributed by atoms with Crippen LogP contribution in [0.3, 0.4) is 0 Å². The molecule has 6 nitrogen and oxygen atoms in total. The number of aryl methyl sites for hydroxylation is 1. The second-order valence-electron chi connectivity index (χ2n) is 6.34. The Balaban J connectivity index is 2.28. The Morgan fingerprint density at radius 2 is 1.81 bits per heavy atom. The molecule has 0 bridgehead atoms. The van der Waals surface area contributed by atoms with Gasteiger partial charge in [-0.1, -0.05) is 6.07 Å². The predicted octanol–water partition coefficient (Wildman–Crippen LogP) is 1.80. The number of hydrogen-bond donors (Lipinski definition) is 1. The van der Waals surface area contributed by atoms with Gasteiger partial charge in [-0.3, -0.25) is 4.90 Å². The number of amides is 1. The maximum atomic E-state index is 11.0. The van der Waals surface area contributed by atoms with Gasteiger partial charge in [-0.25, -0.2) is 9.78 Å². The van der Waals surface area contributed by atoms with Gasteiger partial charge in [0.15, 0.2) is 0 Å². The van der Waals surface area contributed by atoms with Crippen LogP contribution in [0.5, 0.6) is 0 Å². The number of anilines is 1. The zero-order chi connectivity index (χ0) is 16.0. The molecule has 2 heterocycles. The van der Waals surface area contributed by atoms with E-state index in [0.717, 1.165) is 15.9 Å². The van der Waals surface area contributed by atoms with Crippen LogP contribution in [0.2, 0.25) is 0 Å². The van der Waals surface area contributed by atoms with Crippen molar-refractivity contribution in [1.82, 2.24) is 4.98 Å². The Morgan fingerprint density at radius 1 is 1.29 bits per heavy atom. The molecule has 0 aromatic carbocycles. The summed E-state index contributed by atoms with van der Waals surface area (Å²) in [7, 11) is 0.969. The first kappa shape index (κ1) is 15.8. The summed E-state index contributed by atoms with van der Waals surface area (Å²) in [6, 6.07) is 1.85. The van der Waals surface area contributed by atoms with Crippen molar-refractivity contribution in [3.05, 3.63) is 17.8 Å². The Kier molecular flexibility index (Phi) is 3.76. The van der Waals surface area contributed by atoms with E-state index >= 15 is 0 Å². The molecule has 0 unspecified atom stereocenters. The minimum atomic E-state index is -1.05. The van der Waals surface area contributed by atoms with Crippen molar-refractivity contribution in [2.24, 2.45) is 0 Å². The van der Waals surface area contributed by atoms with Gasteiger partial charge in [0.1, 0.15) is 5.82 Å². The number of carboxylic acid groups (broad SMARTS) is 1. The molecule has 1 N–H and O–H groups in total. The van der Waals surface area contributed by atoms with Crippen LogP contribution < -0.4 is 10.4 Å². The first-order valence-electron chi connectivity index (χ1n) is 6.84. The van der Waals surface area contributed by atoms with E-state index in [1.54, 1.807) is 6.20 Å². The van der Waals surface area contributed by atoms with Gasteiger partial charge >= 0.3 is 13.2 Å². The number of aromatic nitrogens is 1. The van der Waals surface area contributed by atoms with Gasteiger partial charge in [0.2, 0.25) is 0 Å². The number of carbonyl (C=O) groups is 1. The molecule has 7 heteroatoms. The molecule has 1 aliphatic heterocycles. The van der Waals surface area contributed by atoms with E-state index in [1.807, 2.05) is 40.7 Å². The van der Waals surface area contributed by atoms with E-state index in [4.69, 9.17) is 14.4 Å². The second kappa shape index (κ2) is 5.00. The molecule has 1 amide bonds. The van der Waals surface area contributed by atoms with E-state index in [-0.39, 0.29) is 0 Å². The third-order valence-corrected chi connectivity index (χ3v) is 4.20. The van der Waals surface area contributed by atoms with Crippen LogP contribution in [0.4, 0.5) is 10.6 Å². The summed E-state index contributed by atoms with van der Waals surface area (Å²) in [5.74, 6) is 0.405. The van der Waals surface area contributed by atoms with Crippen molar-refractivity contribution >= 4 is 24.5 Å². The molecular weight excluding hydrogens is 271 g/mol. The molecule has 2 rings (SSSR count). The van der Waals surface area contributed by atoms with Gasteiger partial charge in [0, 0.05) is 18.7 Å². The minimum absolute atomic E-state index is 0.405. The highest BCUT2D eigenvalue weighted by Crippen LogP contribution is 2.36. The van der Waals surface area contributed by atoms with Crippen molar-refractivity contribution in [3.63, 3.8) is 0 Å². The Labute approximate surface area is 125 Å². The van der Waals surface area contributed by atoms with Gasteiger partial charge in [0.25, 0.3) is 0 Å². The fourth-order valence-electron chi connectivity index (χ4n) is 2.14. The Bertz CT molecular complexity index is 558. The van der Waals surface area contributed by atoms with Crippen LogP contribution >= 0.6 is 0 Å². The maximum Gasteiger partial charge on any atom is 0.496 e. The number of hydrogen-bond acceptors (Lipinski definition) is 4. The number of rotatable bonds is 2. The standard InChI is InChI=1S/C14H21BN2O4/c1-9-7-10(8-16-11(9)17(6)12(18)19)15-20-13(2,3)14(4,5)21-15/h7-8H,1-6H3,(H,18,19). The van der Waals surface area contributed by atoms with E-state index < -0.39 is 24.4 Å². The Hall–Kier alpha value is -1.60. The first-order chi connectivity index (χ1) is 9.55. The summed E-state index contributed by atoms with van der Waals surface area (Å²) in [6.07, 6.45) is 0.554. The SMILES string of the molecule is Cc1cc(B2OC(C)(C)C(C)(C)O2)cnc1N(C)C(=O)O. The third kappa shape index (κ3) is 2.75. The average Bonchev–Trinajstić information content (AvgIpc) is 2.57. The van der Waals surface area contributed by atoms with Crippen LogP contribution in [0.15, 0.2) is 12.3 Å². The molecule has 0 aliphatic carbocycles. The molecule has 114 valence electrons. The second-order valence-corrected chi connectivity index (χ2v) is 6.34. The molecule has 0 radical (unpaired) electrons. The lowest BCUT2D eigenvalue weighted by Gasteiger charge is -2.32. The number of nitrogens with zero attached hydrogens (tertiary/aromatic N) is 2. The van der Waals surface area contributed by atoms with E-state index in [9.17, 15) is 4.79 Å². The van der Waals surface area contributed by atoms with Crippen molar-refractivity contribution < 1.29 is 19.2 Å². The van der Waals surface area contributed by atoms with Gasteiger partial charge in [-0.05, 0) is 40.2 Å². The molecule has 1 aliphatic rings. The highest BCUT2D eigenvalue weighted by atomic mass is 16.7. The quantitative estimate of drug-likeness (QED) is 0.842. The van der Waals surface area contributed by atoms with Crippen molar-refractivity contribution in [3.8, 4) is 0 Å². The largest absolute Gasteiger partial charge is 0.496 e. The molecule has 1 saturated heterocycles. The lowest BCUT2D eigenvalue weighted by Crippen LogP contribution is -2.41. The summed E-state index contributed by atoms with van der Waals surface area (Å²) in [5, 5.41) is 9.01. The zero-order valence-electron chi connectivity index (χ0n) is 13.3. The Morgan fingerprint density at radius 3 is 2.24 bits per heavy atom. The monoisotopic (exact) mass is 292 g/mol. The summed E-state index contributed by atoms with van der Waals surface area (Å²) < 4.78 is 11.9. The van der Waals surface area contributed by atoms with E-state index in [1.165, 1.54) is 7.05 Å². The molecule has 0 saturated carbocycles. The molecule has 1 fully saturated rings. The van der Waals surface area contributed by atoms with Crippen molar-refractivity contribution in [2.45, 2.75) is 45.8 Å². The van der Waals surface area contributed by atoms with Crippen LogP contribution in [0, 0.1) is 6.92 Å². The summed E-state index contributed by atoms with van der Waals surface area (Å²) >= 11 is 0. The van der Waals surface area contributed by atoms with E-state index in [0.29, 0.717) is 5.82 Å². The van der Waals surface area contributed by atoms with Gasteiger partial charge in [-0.2, -0.15) is 0 Å². The minimum Gasteiger partial charge on any atom is -0.465 e. The normalized spacial score (nSPS) is 19.6. The zero-order valence-corrected chi connectivity index (χ0v) is 13.3. The third-order valence-electron chi connectivity index (χ3n) is 4.20. The van der Waals surface area contributed by atoms with Gasteiger partial charge in [-0.15, -0.1) is 0 Å². The van der Waals surface area contributed by atoms with Crippen molar-refractivity contribution in [1.29, 1.82) is 0 Å². The molecule has 0 atom stereocenters. The van der Waals surface area contributed by atoms with Crippen LogP contribution in [0.25, 0.3) is 0 Å². The highest BCUT2D eigenvalue weighted by molar-refractivity contribution is 6.62. The topological polar surface area (TPSA) is 71.9 Å². The van der Waals surface area contributed by atoms with Gasteiger partial charge in [0.05, 0.1) is 11.2 Å². The van der Waals surface area contributed by atoms with Crippen LogP contribution in [0.1, 0.15) is 33.3 Å². The molecule has 0 spiro atoms.